The maximum atomic E-state index is 11.7. The fourth-order valence-electron chi connectivity index (χ4n) is 2.38. The van der Waals surface area contributed by atoms with Gasteiger partial charge in [-0.15, -0.1) is 6.42 Å². The van der Waals surface area contributed by atoms with Crippen molar-refractivity contribution < 1.29 is 8.42 Å². The number of rotatable bonds is 3. The number of terminal acetylenes is 1. The predicted molar refractivity (Wildman–Crippen MR) is 67.9 cm³/mol. The van der Waals surface area contributed by atoms with Gasteiger partial charge in [0.05, 0.1) is 18.8 Å². The van der Waals surface area contributed by atoms with Crippen molar-refractivity contribution in [1.82, 2.24) is 4.31 Å². The van der Waals surface area contributed by atoms with Crippen LogP contribution < -0.4 is 0 Å². The molecule has 17 heavy (non-hydrogen) atoms. The Labute approximate surface area is 103 Å². The molecule has 4 heteroatoms. The fraction of sp³-hybridized carbons (Fsp3) is 0.385. The first-order valence-corrected chi connectivity index (χ1v) is 7.37. The molecule has 0 N–H and O–H groups in total. The van der Waals surface area contributed by atoms with Crippen molar-refractivity contribution in [3.8, 4) is 12.3 Å². The summed E-state index contributed by atoms with van der Waals surface area (Å²) in [6.45, 7) is 0.137. The highest BCUT2D eigenvalue weighted by Crippen LogP contribution is 2.36. The Hall–Kier alpha value is -1.31. The lowest BCUT2D eigenvalue weighted by atomic mass is 10.1. The third kappa shape index (κ3) is 2.36. The molecule has 1 aromatic carbocycles. The number of aryl methyl sites for hydroxylation is 1. The van der Waals surface area contributed by atoms with Crippen molar-refractivity contribution in [3.05, 3.63) is 35.4 Å². The van der Waals surface area contributed by atoms with E-state index in [0.717, 1.165) is 18.4 Å². The predicted octanol–water partition coefficient (Wildman–Crippen LogP) is 1.57. The van der Waals surface area contributed by atoms with Gasteiger partial charge in [0.1, 0.15) is 0 Å². The van der Waals surface area contributed by atoms with Crippen LogP contribution in [0, 0.1) is 12.3 Å². The number of nitrogens with zero attached hydrogens (tertiary/aromatic N) is 1. The summed E-state index contributed by atoms with van der Waals surface area (Å²) in [4.78, 5) is 0. The molecule has 0 bridgehead atoms. The maximum absolute atomic E-state index is 11.7. The van der Waals surface area contributed by atoms with Crippen LogP contribution in [0.15, 0.2) is 24.3 Å². The van der Waals surface area contributed by atoms with Gasteiger partial charge in [-0.1, -0.05) is 30.2 Å². The molecule has 0 radical (unpaired) electrons. The highest BCUT2D eigenvalue weighted by molar-refractivity contribution is 7.88. The van der Waals surface area contributed by atoms with E-state index in [1.165, 1.54) is 16.1 Å². The SMILES string of the molecule is C#CCN(C1CCc2ccccc21)S(C)(=O)=O. The summed E-state index contributed by atoms with van der Waals surface area (Å²) >= 11 is 0. The van der Waals surface area contributed by atoms with Crippen molar-refractivity contribution in [2.75, 3.05) is 12.8 Å². The number of hydrogen-bond donors (Lipinski definition) is 0. The van der Waals surface area contributed by atoms with Crippen LogP contribution in [0.2, 0.25) is 0 Å². The molecule has 1 aromatic rings. The molecule has 0 saturated carbocycles. The smallest absolute Gasteiger partial charge is 0.212 e. The van der Waals surface area contributed by atoms with Gasteiger partial charge in [-0.2, -0.15) is 4.31 Å². The highest BCUT2D eigenvalue weighted by atomic mass is 32.2. The average Bonchev–Trinajstić information content (AvgIpc) is 2.68. The second kappa shape index (κ2) is 4.52. The zero-order valence-electron chi connectivity index (χ0n) is 9.76. The monoisotopic (exact) mass is 249 g/mol. The van der Waals surface area contributed by atoms with E-state index in [4.69, 9.17) is 6.42 Å². The van der Waals surface area contributed by atoms with E-state index in [9.17, 15) is 8.42 Å². The van der Waals surface area contributed by atoms with E-state index in [1.54, 1.807) is 0 Å². The van der Waals surface area contributed by atoms with Crippen molar-refractivity contribution in [3.63, 3.8) is 0 Å². The molecule has 3 nitrogen and oxygen atoms in total. The second-order valence-corrected chi connectivity index (χ2v) is 6.20. The highest BCUT2D eigenvalue weighted by Gasteiger charge is 2.32. The third-order valence-electron chi connectivity index (χ3n) is 3.12. The Morgan fingerprint density at radius 1 is 1.47 bits per heavy atom. The first-order valence-electron chi connectivity index (χ1n) is 5.52. The fourth-order valence-corrected chi connectivity index (χ4v) is 3.37. The minimum Gasteiger partial charge on any atom is -0.212 e. The van der Waals surface area contributed by atoms with Gasteiger partial charge < -0.3 is 0 Å². The standard InChI is InChI=1S/C13H15NO2S/c1-3-10-14(17(2,15)16)13-9-8-11-6-4-5-7-12(11)13/h1,4-7,13H,8-10H2,2H3. The van der Waals surface area contributed by atoms with Crippen LogP contribution in [-0.4, -0.2) is 25.5 Å². The van der Waals surface area contributed by atoms with Crippen LogP contribution in [0.1, 0.15) is 23.6 Å². The maximum Gasteiger partial charge on any atom is 0.212 e. The van der Waals surface area contributed by atoms with E-state index >= 15 is 0 Å². The Bertz CT molecular complexity index is 557. The van der Waals surface area contributed by atoms with Crippen molar-refractivity contribution in [2.24, 2.45) is 0 Å². The number of fused-ring (bicyclic) bond motifs is 1. The minimum absolute atomic E-state index is 0.0998. The van der Waals surface area contributed by atoms with Gasteiger partial charge in [0.2, 0.25) is 10.0 Å². The zero-order valence-corrected chi connectivity index (χ0v) is 10.6. The topological polar surface area (TPSA) is 37.4 Å². The molecule has 1 aliphatic carbocycles. The molecule has 1 unspecified atom stereocenters. The van der Waals surface area contributed by atoms with Gasteiger partial charge in [0.25, 0.3) is 0 Å². The molecule has 0 heterocycles. The number of sulfonamides is 1. The molecular formula is C13H15NO2S. The normalized spacial score (nSPS) is 19.0. The van der Waals surface area contributed by atoms with E-state index in [0.29, 0.717) is 0 Å². The summed E-state index contributed by atoms with van der Waals surface area (Å²) in [5.41, 5.74) is 2.32. The lowest BCUT2D eigenvalue weighted by Crippen LogP contribution is -2.33. The van der Waals surface area contributed by atoms with Crippen LogP contribution in [0.4, 0.5) is 0 Å². The Morgan fingerprint density at radius 3 is 2.82 bits per heavy atom. The molecule has 1 atom stereocenters. The largest absolute Gasteiger partial charge is 0.212 e. The van der Waals surface area contributed by atoms with Gasteiger partial charge in [-0.25, -0.2) is 8.42 Å². The quantitative estimate of drug-likeness (QED) is 0.763. The van der Waals surface area contributed by atoms with Crippen LogP contribution in [0.5, 0.6) is 0 Å². The Balaban J connectivity index is 2.39. The van der Waals surface area contributed by atoms with Crippen LogP contribution >= 0.6 is 0 Å². The third-order valence-corrected chi connectivity index (χ3v) is 4.36. The van der Waals surface area contributed by atoms with Gasteiger partial charge in [-0.05, 0) is 24.0 Å². The second-order valence-electron chi connectivity index (χ2n) is 4.27. The van der Waals surface area contributed by atoms with E-state index < -0.39 is 10.0 Å². The minimum atomic E-state index is -3.26. The number of hydrogen-bond acceptors (Lipinski definition) is 2. The molecule has 0 aliphatic heterocycles. The first-order chi connectivity index (χ1) is 8.04. The van der Waals surface area contributed by atoms with Crippen molar-refractivity contribution in [2.45, 2.75) is 18.9 Å². The van der Waals surface area contributed by atoms with E-state index in [-0.39, 0.29) is 12.6 Å². The lowest BCUT2D eigenvalue weighted by molar-refractivity contribution is 0.355. The summed E-state index contributed by atoms with van der Waals surface area (Å²) in [7, 11) is -3.26. The van der Waals surface area contributed by atoms with Gasteiger partial charge in [0.15, 0.2) is 0 Å². The Kier molecular flexibility index (Phi) is 3.23. The van der Waals surface area contributed by atoms with E-state index in [1.807, 2.05) is 24.3 Å². The molecule has 90 valence electrons. The van der Waals surface area contributed by atoms with Crippen LogP contribution in [0.3, 0.4) is 0 Å². The summed E-state index contributed by atoms with van der Waals surface area (Å²) < 4.78 is 24.9. The van der Waals surface area contributed by atoms with Crippen molar-refractivity contribution in [1.29, 1.82) is 0 Å². The van der Waals surface area contributed by atoms with Crippen molar-refractivity contribution >= 4 is 10.0 Å². The van der Waals surface area contributed by atoms with Gasteiger partial charge in [0, 0.05) is 0 Å². The molecular weight excluding hydrogens is 234 g/mol. The lowest BCUT2D eigenvalue weighted by Gasteiger charge is -2.25. The van der Waals surface area contributed by atoms with Crippen LogP contribution in [-0.2, 0) is 16.4 Å². The molecule has 2 rings (SSSR count). The summed E-state index contributed by atoms with van der Waals surface area (Å²) in [5.74, 6) is 2.43. The molecule has 0 amide bonds. The first kappa shape index (κ1) is 12.2. The molecule has 0 aromatic heterocycles. The van der Waals surface area contributed by atoms with Gasteiger partial charge >= 0.3 is 0 Å². The van der Waals surface area contributed by atoms with E-state index in [2.05, 4.69) is 5.92 Å². The van der Waals surface area contributed by atoms with Gasteiger partial charge in [-0.3, -0.25) is 0 Å². The summed E-state index contributed by atoms with van der Waals surface area (Å²) in [5, 5.41) is 0. The Morgan fingerprint density at radius 2 is 2.18 bits per heavy atom. The average molecular weight is 249 g/mol. The molecule has 0 spiro atoms. The summed E-state index contributed by atoms with van der Waals surface area (Å²) in [6.07, 6.45) is 8.20. The molecule has 0 saturated heterocycles. The van der Waals surface area contributed by atoms with Crippen LogP contribution in [0.25, 0.3) is 0 Å². The summed E-state index contributed by atoms with van der Waals surface area (Å²) in [6, 6.07) is 7.85. The molecule has 1 aliphatic rings. The molecule has 0 fully saturated rings. The number of benzene rings is 1. The zero-order chi connectivity index (χ0) is 12.5.